The van der Waals surface area contributed by atoms with Crippen LogP contribution in [0.1, 0.15) is 18.2 Å². The maximum absolute atomic E-state index is 12.5. The Morgan fingerprint density at radius 2 is 1.94 bits per heavy atom. The van der Waals surface area contributed by atoms with Gasteiger partial charge in [0.2, 0.25) is 5.88 Å². The normalized spacial score (nSPS) is 12.6. The highest BCUT2D eigenvalue weighted by atomic mass is 19.3. The smallest absolute Gasteiger partial charge is 0.387 e. The van der Waals surface area contributed by atoms with Gasteiger partial charge in [0.1, 0.15) is 5.75 Å². The fourth-order valence-corrected chi connectivity index (χ4v) is 3.62. The number of nitrogens with zero attached hydrogens (tertiary/aromatic N) is 5. The first kappa shape index (κ1) is 20.7. The van der Waals surface area contributed by atoms with E-state index >= 15 is 0 Å². The zero-order chi connectivity index (χ0) is 22.3. The highest BCUT2D eigenvalue weighted by molar-refractivity contribution is 5.93. The van der Waals surface area contributed by atoms with Gasteiger partial charge in [0, 0.05) is 23.7 Å². The number of ether oxygens (including phenoxy) is 1. The Kier molecular flexibility index (Phi) is 5.32. The number of aliphatic hydroxyl groups excluding tert-OH is 1. The lowest BCUT2D eigenvalue weighted by molar-refractivity contribution is -0.0500. The molecule has 0 unspecified atom stereocenters. The van der Waals surface area contributed by atoms with Crippen molar-refractivity contribution in [1.29, 1.82) is 0 Å². The van der Waals surface area contributed by atoms with E-state index in [9.17, 15) is 19.0 Å². The first-order chi connectivity index (χ1) is 14.7. The average Bonchev–Trinajstić information content (AvgIpc) is 3.23. The van der Waals surface area contributed by atoms with Crippen LogP contribution < -0.4 is 4.74 Å². The second-order valence-electron chi connectivity index (χ2n) is 7.35. The van der Waals surface area contributed by atoms with Gasteiger partial charge in [0.15, 0.2) is 0 Å². The van der Waals surface area contributed by atoms with Crippen molar-refractivity contribution in [3.8, 4) is 28.6 Å². The Balaban J connectivity index is 1.81. The molecule has 10 heteroatoms. The molecule has 1 atom stereocenters. The number of aromatic hydroxyl groups is 1. The van der Waals surface area contributed by atoms with E-state index in [1.807, 2.05) is 13.8 Å². The molecule has 4 heterocycles. The Morgan fingerprint density at radius 1 is 1.16 bits per heavy atom. The Hall–Kier alpha value is -3.53. The summed E-state index contributed by atoms with van der Waals surface area (Å²) >= 11 is 0. The SMILES string of the molecule is Cc1cc(-c2cncc(OC(F)F)c2)nc2c(C)n(-c3cnn(C[C@H](C)O)c3)c(O)c12. The summed E-state index contributed by atoms with van der Waals surface area (Å²) in [7, 11) is 0. The van der Waals surface area contributed by atoms with Crippen LogP contribution in [0.2, 0.25) is 0 Å². The highest BCUT2D eigenvalue weighted by Crippen LogP contribution is 2.37. The van der Waals surface area contributed by atoms with E-state index in [-0.39, 0.29) is 11.6 Å². The van der Waals surface area contributed by atoms with E-state index in [0.29, 0.717) is 40.1 Å². The molecule has 0 aromatic carbocycles. The van der Waals surface area contributed by atoms with Crippen molar-refractivity contribution in [2.75, 3.05) is 0 Å². The molecule has 0 radical (unpaired) electrons. The lowest BCUT2D eigenvalue weighted by atomic mass is 10.1. The van der Waals surface area contributed by atoms with Crippen LogP contribution in [0.3, 0.4) is 0 Å². The van der Waals surface area contributed by atoms with Crippen LogP contribution in [-0.4, -0.2) is 47.2 Å². The van der Waals surface area contributed by atoms with E-state index in [1.54, 1.807) is 34.6 Å². The van der Waals surface area contributed by atoms with Crippen LogP contribution in [0.4, 0.5) is 8.78 Å². The van der Waals surface area contributed by atoms with Gasteiger partial charge in [-0.1, -0.05) is 0 Å². The molecular weight excluding hydrogens is 408 g/mol. The summed E-state index contributed by atoms with van der Waals surface area (Å²) in [6, 6.07) is 3.20. The van der Waals surface area contributed by atoms with Crippen molar-refractivity contribution < 1.29 is 23.7 Å². The number of hydrogen-bond acceptors (Lipinski definition) is 6. The van der Waals surface area contributed by atoms with Crippen LogP contribution in [0, 0.1) is 13.8 Å². The predicted molar refractivity (Wildman–Crippen MR) is 110 cm³/mol. The highest BCUT2D eigenvalue weighted by Gasteiger charge is 2.20. The molecule has 8 nitrogen and oxygen atoms in total. The number of fused-ring (bicyclic) bond motifs is 1. The van der Waals surface area contributed by atoms with Crippen LogP contribution in [-0.2, 0) is 6.54 Å². The molecule has 31 heavy (non-hydrogen) atoms. The summed E-state index contributed by atoms with van der Waals surface area (Å²) in [6.45, 7) is 2.70. The molecule has 0 aliphatic rings. The molecular formula is C21H21F2N5O3. The summed E-state index contributed by atoms with van der Waals surface area (Å²) in [5.41, 5.74) is 3.67. The molecule has 0 saturated heterocycles. The van der Waals surface area contributed by atoms with Crippen LogP contribution in [0.25, 0.3) is 27.8 Å². The van der Waals surface area contributed by atoms with Gasteiger partial charge in [0.05, 0.1) is 47.3 Å². The third-order valence-electron chi connectivity index (χ3n) is 4.89. The summed E-state index contributed by atoms with van der Waals surface area (Å²) in [5, 5.41) is 25.3. The minimum atomic E-state index is -2.95. The Labute approximate surface area is 176 Å². The van der Waals surface area contributed by atoms with Crippen molar-refractivity contribution in [3.05, 3.63) is 48.2 Å². The fraction of sp³-hybridized carbons (Fsp3) is 0.286. The van der Waals surface area contributed by atoms with E-state index < -0.39 is 12.7 Å². The van der Waals surface area contributed by atoms with Crippen molar-refractivity contribution in [3.63, 3.8) is 0 Å². The summed E-state index contributed by atoms with van der Waals surface area (Å²) in [5.74, 6) is -0.0386. The molecule has 0 spiro atoms. The molecule has 0 fully saturated rings. The third-order valence-corrected chi connectivity index (χ3v) is 4.89. The molecule has 162 valence electrons. The molecule has 0 aliphatic heterocycles. The topological polar surface area (TPSA) is 98.2 Å². The monoisotopic (exact) mass is 429 g/mol. The number of aliphatic hydroxyl groups is 1. The summed E-state index contributed by atoms with van der Waals surface area (Å²) < 4.78 is 32.7. The van der Waals surface area contributed by atoms with Crippen LogP contribution >= 0.6 is 0 Å². The van der Waals surface area contributed by atoms with Crippen molar-refractivity contribution in [1.82, 2.24) is 24.3 Å². The molecule has 4 aromatic heterocycles. The first-order valence-electron chi connectivity index (χ1n) is 9.57. The van der Waals surface area contributed by atoms with E-state index in [1.165, 1.54) is 18.5 Å². The number of halogens is 2. The van der Waals surface area contributed by atoms with Gasteiger partial charge in [-0.2, -0.15) is 13.9 Å². The lowest BCUT2D eigenvalue weighted by Gasteiger charge is -2.07. The van der Waals surface area contributed by atoms with Gasteiger partial charge in [-0.05, 0) is 38.5 Å². The van der Waals surface area contributed by atoms with Gasteiger partial charge in [-0.3, -0.25) is 14.2 Å². The maximum Gasteiger partial charge on any atom is 0.387 e. The average molecular weight is 429 g/mol. The van der Waals surface area contributed by atoms with E-state index in [0.717, 1.165) is 5.56 Å². The lowest BCUT2D eigenvalue weighted by Crippen LogP contribution is -2.11. The second kappa shape index (κ2) is 7.95. The number of aromatic nitrogens is 5. The van der Waals surface area contributed by atoms with E-state index in [2.05, 4.69) is 19.8 Å². The zero-order valence-corrected chi connectivity index (χ0v) is 17.1. The van der Waals surface area contributed by atoms with Crippen molar-refractivity contribution in [2.45, 2.75) is 40.0 Å². The van der Waals surface area contributed by atoms with Gasteiger partial charge in [0.25, 0.3) is 0 Å². The first-order valence-corrected chi connectivity index (χ1v) is 9.57. The van der Waals surface area contributed by atoms with Crippen molar-refractivity contribution in [2.24, 2.45) is 0 Å². The predicted octanol–water partition coefficient (Wildman–Crippen LogP) is 3.59. The third kappa shape index (κ3) is 3.93. The quantitative estimate of drug-likeness (QED) is 0.486. The Bertz CT molecular complexity index is 1250. The molecule has 2 N–H and O–H groups in total. The number of aryl methyl sites for hydroxylation is 2. The van der Waals surface area contributed by atoms with Gasteiger partial charge in [-0.15, -0.1) is 0 Å². The Morgan fingerprint density at radius 3 is 2.65 bits per heavy atom. The van der Waals surface area contributed by atoms with Crippen LogP contribution in [0.5, 0.6) is 11.6 Å². The summed E-state index contributed by atoms with van der Waals surface area (Å²) in [6.07, 6.45) is 5.48. The second-order valence-corrected chi connectivity index (χ2v) is 7.35. The molecule has 4 rings (SSSR count). The molecule has 0 aliphatic carbocycles. The molecule has 0 bridgehead atoms. The molecule has 4 aromatic rings. The maximum atomic E-state index is 12.5. The number of hydrogen-bond donors (Lipinski definition) is 2. The molecule has 0 saturated carbocycles. The number of rotatable bonds is 6. The van der Waals surface area contributed by atoms with Crippen LogP contribution in [0.15, 0.2) is 36.9 Å². The fourth-order valence-electron chi connectivity index (χ4n) is 3.62. The number of pyridine rings is 2. The standard InChI is InChI=1S/C21H21F2N5O3/c1-11-4-17(14-5-16(8-24-6-14)31-21(22)23)26-19-13(3)28(20(30)18(11)19)15-7-25-27(10-15)9-12(2)29/h4-8,10,12,21,29-30H,9H2,1-3H3/t12-/m0/s1. The van der Waals surface area contributed by atoms with E-state index in [4.69, 9.17) is 0 Å². The van der Waals surface area contributed by atoms with Gasteiger partial charge < -0.3 is 14.9 Å². The van der Waals surface area contributed by atoms with Crippen molar-refractivity contribution >= 4 is 10.9 Å². The number of alkyl halides is 2. The molecule has 0 amide bonds. The zero-order valence-electron chi connectivity index (χ0n) is 17.1. The largest absolute Gasteiger partial charge is 0.494 e. The van der Waals surface area contributed by atoms with Gasteiger partial charge >= 0.3 is 6.61 Å². The van der Waals surface area contributed by atoms with Gasteiger partial charge in [-0.25, -0.2) is 4.98 Å². The summed E-state index contributed by atoms with van der Waals surface area (Å²) in [4.78, 5) is 8.62. The minimum absolute atomic E-state index is 0.0218. The minimum Gasteiger partial charge on any atom is -0.494 e.